The Bertz CT molecular complexity index is 4910. The van der Waals surface area contributed by atoms with Gasteiger partial charge in [0.25, 0.3) is 0 Å². The zero-order valence-electron chi connectivity index (χ0n) is 55.4. The third-order valence-electron chi connectivity index (χ3n) is 16.2. The highest BCUT2D eigenvalue weighted by Crippen LogP contribution is 2.36. The van der Waals surface area contributed by atoms with Crippen LogP contribution in [0.4, 0.5) is 0 Å². The van der Waals surface area contributed by atoms with Crippen LogP contribution in [0, 0.1) is 35.5 Å². The highest BCUT2D eigenvalue weighted by atomic mass is 14.6. The van der Waals surface area contributed by atoms with Crippen LogP contribution in [-0.2, 0) is 0 Å². The average molecular weight is 1310 g/mol. The number of hydrogen-bond donors (Lipinski definition) is 0. The second kappa shape index (κ2) is 34.5. The van der Waals surface area contributed by atoms with Crippen LogP contribution in [-0.4, -0.2) is 44.9 Å². The Morgan fingerprint density at radius 1 is 0.137 bits per heavy atom. The molecule has 0 atom stereocenters. The number of aromatic nitrogens is 9. The Morgan fingerprint density at radius 3 is 0.529 bits per heavy atom. The first-order chi connectivity index (χ1) is 50.5. The molecule has 15 rings (SSSR count). The topological polar surface area (TPSA) is 116 Å². The van der Waals surface area contributed by atoms with Crippen molar-refractivity contribution in [1.29, 1.82) is 0 Å². The SMILES string of the molecule is C(#Cc1cc(C#Cc2ccncc2)cc(C#Cc2ccncc2)c1)c1ccncc1.C(=C\c1cc(/C=C/c2ccncc2)cc(/C=C/c2ccncc2)c1)/c1ccncc1.c1cc(-c2ccc(-c3cc(-c4ccc(-c5ccncc5)cc4)cc(-c4ccc(-c5ccncc5)cc4)c3)cc2)ccn1. The molecule has 9 heteroatoms. The first kappa shape index (κ1) is 66.2. The van der Waals surface area contributed by atoms with Crippen molar-refractivity contribution in [3.05, 3.63) is 415 Å². The summed E-state index contributed by atoms with van der Waals surface area (Å²) in [5, 5.41) is 0. The summed E-state index contributed by atoms with van der Waals surface area (Å²) in [5.41, 5.74) is 26.1. The summed E-state index contributed by atoms with van der Waals surface area (Å²) in [6.07, 6.45) is 44.9. The molecule has 0 radical (unpaired) electrons. The van der Waals surface area contributed by atoms with Crippen LogP contribution in [0.5, 0.6) is 0 Å². The van der Waals surface area contributed by atoms with Crippen molar-refractivity contribution >= 4 is 36.5 Å². The second-order valence-electron chi connectivity index (χ2n) is 23.3. The summed E-state index contributed by atoms with van der Waals surface area (Å²) in [6, 6.07) is 81.2. The van der Waals surface area contributed by atoms with Crippen LogP contribution < -0.4 is 0 Å². The predicted molar refractivity (Wildman–Crippen MR) is 415 cm³/mol. The molecule has 0 spiro atoms. The minimum Gasteiger partial charge on any atom is -0.265 e. The second-order valence-corrected chi connectivity index (χ2v) is 23.3. The zero-order valence-corrected chi connectivity index (χ0v) is 55.4. The smallest absolute Gasteiger partial charge is 0.0280 e. The van der Waals surface area contributed by atoms with Gasteiger partial charge in [-0.2, -0.15) is 0 Å². The Morgan fingerprint density at radius 2 is 0.304 bits per heavy atom. The summed E-state index contributed by atoms with van der Waals surface area (Å²) in [6.45, 7) is 0. The van der Waals surface area contributed by atoms with Gasteiger partial charge in [-0.1, -0.05) is 145 Å². The van der Waals surface area contributed by atoms with Crippen molar-refractivity contribution in [2.45, 2.75) is 0 Å². The van der Waals surface area contributed by atoms with Gasteiger partial charge in [-0.3, -0.25) is 44.9 Å². The Hall–Kier alpha value is -14.4. The molecule has 0 fully saturated rings. The molecule has 15 aromatic rings. The maximum Gasteiger partial charge on any atom is 0.0280 e. The van der Waals surface area contributed by atoms with E-state index in [1.165, 1.54) is 50.1 Å². The van der Waals surface area contributed by atoms with Crippen molar-refractivity contribution in [3.63, 3.8) is 0 Å². The van der Waals surface area contributed by atoms with E-state index in [2.05, 4.69) is 226 Å². The monoisotopic (exact) mass is 1310 g/mol. The molecule has 0 aliphatic rings. The van der Waals surface area contributed by atoms with E-state index in [0.29, 0.717) is 0 Å². The average Bonchev–Trinajstić information content (AvgIpc) is 0.798. The maximum absolute atomic E-state index is 4.15. The van der Waals surface area contributed by atoms with Gasteiger partial charge in [-0.15, -0.1) is 0 Å². The molecule has 480 valence electrons. The van der Waals surface area contributed by atoms with Crippen LogP contribution in [0.3, 0.4) is 0 Å². The lowest BCUT2D eigenvalue weighted by Crippen LogP contribution is -1.88. The minimum absolute atomic E-state index is 0.854. The molecule has 9 nitrogen and oxygen atoms in total. The summed E-state index contributed by atoms with van der Waals surface area (Å²) >= 11 is 0. The largest absolute Gasteiger partial charge is 0.265 e. The first-order valence-electron chi connectivity index (χ1n) is 33.0. The van der Waals surface area contributed by atoms with Gasteiger partial charge in [-0.25, -0.2) is 0 Å². The fourth-order valence-electron chi connectivity index (χ4n) is 10.9. The summed E-state index contributed by atoms with van der Waals surface area (Å²) in [4.78, 5) is 36.7. The van der Waals surface area contributed by atoms with Gasteiger partial charge in [0.1, 0.15) is 0 Å². The van der Waals surface area contributed by atoms with Gasteiger partial charge < -0.3 is 0 Å². The Balaban J connectivity index is 0.000000140. The molecule has 9 aromatic heterocycles. The van der Waals surface area contributed by atoms with Crippen LogP contribution in [0.15, 0.2) is 348 Å². The summed E-state index contributed by atoms with van der Waals surface area (Å²) in [7, 11) is 0. The van der Waals surface area contributed by atoms with Gasteiger partial charge in [0, 0.05) is 145 Å². The van der Waals surface area contributed by atoms with E-state index in [4.69, 9.17) is 0 Å². The van der Waals surface area contributed by atoms with E-state index in [-0.39, 0.29) is 0 Å². The highest BCUT2D eigenvalue weighted by molar-refractivity contribution is 5.84. The third-order valence-corrected chi connectivity index (χ3v) is 16.2. The molecule has 0 aliphatic heterocycles. The van der Waals surface area contributed by atoms with E-state index in [1.54, 1.807) is 74.4 Å². The van der Waals surface area contributed by atoms with Crippen molar-refractivity contribution in [2.24, 2.45) is 0 Å². The van der Waals surface area contributed by atoms with E-state index in [1.807, 2.05) is 165 Å². The molecular weight excluding hydrogens is 1240 g/mol. The quantitative estimate of drug-likeness (QED) is 0.110. The minimum atomic E-state index is 0.854. The molecule has 0 amide bonds. The fraction of sp³-hybridized carbons (Fsp3) is 0. The van der Waals surface area contributed by atoms with E-state index in [0.717, 1.165) is 83.5 Å². The Kier molecular flexibility index (Phi) is 22.4. The van der Waals surface area contributed by atoms with E-state index in [9.17, 15) is 0 Å². The molecule has 0 N–H and O–H groups in total. The van der Waals surface area contributed by atoms with Crippen molar-refractivity contribution in [2.75, 3.05) is 0 Å². The van der Waals surface area contributed by atoms with Crippen LogP contribution in [0.1, 0.15) is 66.8 Å². The third kappa shape index (κ3) is 19.4. The fourth-order valence-corrected chi connectivity index (χ4v) is 10.9. The van der Waals surface area contributed by atoms with Gasteiger partial charge >= 0.3 is 0 Å². The number of benzene rings is 6. The lowest BCUT2D eigenvalue weighted by Gasteiger charge is -2.13. The molecule has 102 heavy (non-hydrogen) atoms. The van der Waals surface area contributed by atoms with Gasteiger partial charge in [0.2, 0.25) is 0 Å². The van der Waals surface area contributed by atoms with Crippen LogP contribution in [0.2, 0.25) is 0 Å². The predicted octanol–water partition coefficient (Wildman–Crippen LogP) is 20.3. The first-order valence-corrected chi connectivity index (χ1v) is 33.0. The lowest BCUT2D eigenvalue weighted by atomic mass is 9.91. The van der Waals surface area contributed by atoms with Crippen LogP contribution in [0.25, 0.3) is 103 Å². The standard InChI is InChI=1S/C39H27N3.C27H21N3.C27H15N3/c1-7-31(8-2-28(1)34-13-19-40-20-14-34)37-25-38(32-9-3-29(4-10-32)35-15-21-41-22-16-35)27-39(26-37)33-11-5-30(6-12-33)36-17-23-42-24-18-36;2*1(22-7-13-28-14-8-22)4-25-19-26(5-2-23-9-15-29-16-10-23)21-27(20-25)6-3-24-11-17-30-18-12-24/h1-27H;1-21H;7-21H/b;4-1+,5-2+,6-3+;. The normalized spacial score (nSPS) is 10.6. The molecule has 0 saturated heterocycles. The van der Waals surface area contributed by atoms with Gasteiger partial charge in [0.15, 0.2) is 0 Å². The van der Waals surface area contributed by atoms with E-state index >= 15 is 0 Å². The van der Waals surface area contributed by atoms with Gasteiger partial charge in [-0.05, 0) is 264 Å². The number of hydrogen-bond acceptors (Lipinski definition) is 9. The Labute approximate surface area is 595 Å². The van der Waals surface area contributed by atoms with Crippen molar-refractivity contribution in [3.8, 4) is 102 Å². The molecule has 6 aromatic carbocycles. The molecule has 0 saturated carbocycles. The maximum atomic E-state index is 4.15. The van der Waals surface area contributed by atoms with Crippen molar-refractivity contribution < 1.29 is 0 Å². The van der Waals surface area contributed by atoms with Gasteiger partial charge in [0.05, 0.1) is 0 Å². The number of nitrogens with zero attached hydrogens (tertiary/aromatic N) is 9. The molecular formula is C93H63N9. The van der Waals surface area contributed by atoms with E-state index < -0.39 is 0 Å². The number of rotatable bonds is 12. The highest BCUT2D eigenvalue weighted by Gasteiger charge is 2.11. The van der Waals surface area contributed by atoms with Crippen LogP contribution >= 0.6 is 0 Å². The molecule has 0 aliphatic carbocycles. The molecule has 9 heterocycles. The lowest BCUT2D eigenvalue weighted by molar-refractivity contribution is 1.32. The molecule has 0 bridgehead atoms. The number of pyridine rings is 9. The zero-order chi connectivity index (χ0) is 69.0. The van der Waals surface area contributed by atoms with Crippen molar-refractivity contribution in [1.82, 2.24) is 44.9 Å². The summed E-state index contributed by atoms with van der Waals surface area (Å²) < 4.78 is 0. The summed E-state index contributed by atoms with van der Waals surface area (Å²) in [5.74, 6) is 19.1. The molecule has 0 unspecified atom stereocenters.